The molecule has 2 heterocycles. The van der Waals surface area contributed by atoms with Gasteiger partial charge in [-0.3, -0.25) is 4.79 Å². The molecule has 0 spiro atoms. The van der Waals surface area contributed by atoms with Gasteiger partial charge < -0.3 is 10.1 Å². The fourth-order valence-corrected chi connectivity index (χ4v) is 6.58. The standard InChI is InChI=1S/C22H30N2O4S2/c1-3-28-20-8-6-18(7-9-20)4-5-19-12-14-24(15-13-19)30(26,27)22-11-10-21(29-22)16-23-17(2)25/h6-11,19H,3-5,12-16H2,1-2H3,(H,23,25). The molecule has 1 saturated heterocycles. The summed E-state index contributed by atoms with van der Waals surface area (Å²) in [6.07, 6.45) is 3.85. The molecule has 2 aromatic rings. The van der Waals surface area contributed by atoms with Crippen LogP contribution in [0.1, 0.15) is 43.6 Å². The van der Waals surface area contributed by atoms with E-state index >= 15 is 0 Å². The smallest absolute Gasteiger partial charge is 0.252 e. The van der Waals surface area contributed by atoms with Crippen molar-refractivity contribution in [1.29, 1.82) is 0 Å². The molecule has 1 N–H and O–H groups in total. The van der Waals surface area contributed by atoms with Gasteiger partial charge >= 0.3 is 0 Å². The highest BCUT2D eigenvalue weighted by Crippen LogP contribution is 2.30. The lowest BCUT2D eigenvalue weighted by molar-refractivity contribution is -0.119. The molecule has 0 atom stereocenters. The van der Waals surface area contributed by atoms with Gasteiger partial charge in [-0.1, -0.05) is 12.1 Å². The third-order valence-electron chi connectivity index (χ3n) is 5.39. The fourth-order valence-electron chi connectivity index (χ4n) is 3.66. The first-order chi connectivity index (χ1) is 14.4. The number of piperidine rings is 1. The van der Waals surface area contributed by atoms with Crippen LogP contribution in [0.2, 0.25) is 0 Å². The van der Waals surface area contributed by atoms with Gasteiger partial charge in [0.2, 0.25) is 5.91 Å². The molecule has 0 aliphatic carbocycles. The highest BCUT2D eigenvalue weighted by molar-refractivity contribution is 7.91. The van der Waals surface area contributed by atoms with Crippen molar-refractivity contribution in [3.63, 3.8) is 0 Å². The van der Waals surface area contributed by atoms with Crippen LogP contribution in [0.4, 0.5) is 0 Å². The van der Waals surface area contributed by atoms with Crippen LogP contribution in [0.3, 0.4) is 0 Å². The van der Waals surface area contributed by atoms with Crippen LogP contribution >= 0.6 is 11.3 Å². The number of hydrogen-bond donors (Lipinski definition) is 1. The van der Waals surface area contributed by atoms with Crippen molar-refractivity contribution in [2.24, 2.45) is 5.92 Å². The van der Waals surface area contributed by atoms with E-state index < -0.39 is 10.0 Å². The molecule has 0 saturated carbocycles. The number of carbonyl (C=O) groups excluding carboxylic acids is 1. The van der Waals surface area contributed by atoms with Crippen molar-refractivity contribution in [3.8, 4) is 5.75 Å². The quantitative estimate of drug-likeness (QED) is 0.630. The number of hydrogen-bond acceptors (Lipinski definition) is 5. The number of amides is 1. The van der Waals surface area contributed by atoms with Crippen molar-refractivity contribution in [2.45, 2.75) is 50.3 Å². The van der Waals surface area contributed by atoms with Crippen LogP contribution in [0.15, 0.2) is 40.6 Å². The molecule has 1 aromatic carbocycles. The lowest BCUT2D eigenvalue weighted by atomic mass is 9.91. The number of nitrogens with one attached hydrogen (secondary N) is 1. The van der Waals surface area contributed by atoms with Gasteiger partial charge in [0.15, 0.2) is 0 Å². The van der Waals surface area contributed by atoms with E-state index in [4.69, 9.17) is 4.74 Å². The predicted molar refractivity (Wildman–Crippen MR) is 119 cm³/mol. The van der Waals surface area contributed by atoms with Crippen LogP contribution in [-0.2, 0) is 27.8 Å². The van der Waals surface area contributed by atoms with Crippen molar-refractivity contribution in [1.82, 2.24) is 9.62 Å². The largest absolute Gasteiger partial charge is 0.494 e. The number of nitrogens with zero attached hydrogens (tertiary/aromatic N) is 1. The van der Waals surface area contributed by atoms with Crippen LogP contribution in [0.5, 0.6) is 5.75 Å². The average Bonchev–Trinajstić information content (AvgIpc) is 3.22. The zero-order valence-corrected chi connectivity index (χ0v) is 19.2. The number of benzene rings is 1. The molecular weight excluding hydrogens is 420 g/mol. The lowest BCUT2D eigenvalue weighted by Crippen LogP contribution is -2.38. The van der Waals surface area contributed by atoms with Gasteiger partial charge in [-0.25, -0.2) is 8.42 Å². The maximum Gasteiger partial charge on any atom is 0.252 e. The van der Waals surface area contributed by atoms with Crippen molar-refractivity contribution in [3.05, 3.63) is 46.8 Å². The Morgan fingerprint density at radius 2 is 1.87 bits per heavy atom. The first-order valence-corrected chi connectivity index (χ1v) is 12.7. The first kappa shape index (κ1) is 22.8. The zero-order valence-electron chi connectivity index (χ0n) is 17.6. The molecule has 1 aromatic heterocycles. The third kappa shape index (κ3) is 6.06. The third-order valence-corrected chi connectivity index (χ3v) is 8.84. The average molecular weight is 451 g/mol. The summed E-state index contributed by atoms with van der Waals surface area (Å²) < 4.78 is 33.3. The topological polar surface area (TPSA) is 75.7 Å². The second-order valence-corrected chi connectivity index (χ2v) is 10.9. The van der Waals surface area contributed by atoms with E-state index in [-0.39, 0.29) is 5.91 Å². The molecule has 6 nitrogen and oxygen atoms in total. The summed E-state index contributed by atoms with van der Waals surface area (Å²) >= 11 is 1.23. The second-order valence-electron chi connectivity index (χ2n) is 7.59. The van der Waals surface area contributed by atoms with Gasteiger partial charge in [0.05, 0.1) is 13.2 Å². The molecule has 1 fully saturated rings. The maximum atomic E-state index is 12.9. The Kier molecular flexibility index (Phi) is 7.91. The van der Waals surface area contributed by atoms with E-state index in [1.54, 1.807) is 16.4 Å². The van der Waals surface area contributed by atoms with Gasteiger partial charge in [-0.2, -0.15) is 4.31 Å². The van der Waals surface area contributed by atoms with Gasteiger partial charge in [-0.05, 0) is 68.4 Å². The molecule has 1 aliphatic rings. The molecule has 164 valence electrons. The Bertz CT molecular complexity index is 930. The summed E-state index contributed by atoms with van der Waals surface area (Å²) in [5, 5.41) is 2.70. The minimum Gasteiger partial charge on any atom is -0.494 e. The normalized spacial score (nSPS) is 15.8. The number of aryl methyl sites for hydroxylation is 1. The molecule has 30 heavy (non-hydrogen) atoms. The molecule has 3 rings (SSSR count). The Balaban J connectivity index is 1.49. The number of sulfonamides is 1. The second kappa shape index (κ2) is 10.4. The van der Waals surface area contributed by atoms with E-state index in [1.165, 1.54) is 23.8 Å². The summed E-state index contributed by atoms with van der Waals surface area (Å²) in [6.45, 7) is 5.59. The molecule has 1 amide bonds. The highest BCUT2D eigenvalue weighted by atomic mass is 32.2. The summed E-state index contributed by atoms with van der Waals surface area (Å²) in [5.41, 5.74) is 1.29. The van der Waals surface area contributed by atoms with Crippen LogP contribution in [-0.4, -0.2) is 38.3 Å². The van der Waals surface area contributed by atoms with E-state index in [0.717, 1.165) is 36.3 Å². The van der Waals surface area contributed by atoms with E-state index in [9.17, 15) is 13.2 Å². The fraction of sp³-hybridized carbons (Fsp3) is 0.500. The van der Waals surface area contributed by atoms with Crippen LogP contribution < -0.4 is 10.1 Å². The Morgan fingerprint density at radius 3 is 2.50 bits per heavy atom. The molecule has 0 bridgehead atoms. The monoisotopic (exact) mass is 450 g/mol. The predicted octanol–water partition coefficient (Wildman–Crippen LogP) is 3.82. The zero-order chi connectivity index (χ0) is 21.6. The Morgan fingerprint density at radius 1 is 1.17 bits per heavy atom. The van der Waals surface area contributed by atoms with Gasteiger partial charge in [-0.15, -0.1) is 11.3 Å². The van der Waals surface area contributed by atoms with Gasteiger partial charge in [0.1, 0.15) is 9.96 Å². The molecule has 0 radical (unpaired) electrons. The van der Waals surface area contributed by atoms with E-state index in [2.05, 4.69) is 17.4 Å². The Labute approximate surface area is 183 Å². The molecule has 0 unspecified atom stereocenters. The summed E-state index contributed by atoms with van der Waals surface area (Å²) in [5.74, 6) is 1.32. The lowest BCUT2D eigenvalue weighted by Gasteiger charge is -2.30. The minimum absolute atomic E-state index is 0.125. The molecule has 1 aliphatic heterocycles. The Hall–Kier alpha value is -1.90. The van der Waals surface area contributed by atoms with E-state index in [1.807, 2.05) is 19.1 Å². The van der Waals surface area contributed by atoms with Crippen LogP contribution in [0, 0.1) is 5.92 Å². The number of carbonyl (C=O) groups is 1. The summed E-state index contributed by atoms with van der Waals surface area (Å²) in [7, 11) is -3.46. The maximum absolute atomic E-state index is 12.9. The van der Waals surface area contributed by atoms with Gasteiger partial charge in [0.25, 0.3) is 10.0 Å². The van der Waals surface area contributed by atoms with Crippen LogP contribution in [0.25, 0.3) is 0 Å². The SMILES string of the molecule is CCOc1ccc(CCC2CCN(S(=O)(=O)c3ccc(CNC(C)=O)s3)CC2)cc1. The molecule has 8 heteroatoms. The number of thiophene rings is 1. The van der Waals surface area contributed by atoms with Crippen molar-refractivity contribution < 1.29 is 17.9 Å². The highest BCUT2D eigenvalue weighted by Gasteiger charge is 2.30. The summed E-state index contributed by atoms with van der Waals surface area (Å²) in [4.78, 5) is 11.9. The van der Waals surface area contributed by atoms with Gasteiger partial charge in [0, 0.05) is 24.9 Å². The number of rotatable bonds is 9. The first-order valence-electron chi connectivity index (χ1n) is 10.4. The minimum atomic E-state index is -3.46. The molecular formula is C22H30N2O4S2. The van der Waals surface area contributed by atoms with E-state index in [0.29, 0.717) is 36.4 Å². The number of ether oxygens (including phenoxy) is 1. The summed E-state index contributed by atoms with van der Waals surface area (Å²) in [6, 6.07) is 11.7. The van der Waals surface area contributed by atoms with Crippen molar-refractivity contribution >= 4 is 27.3 Å². The van der Waals surface area contributed by atoms with Crippen molar-refractivity contribution in [2.75, 3.05) is 19.7 Å².